The second kappa shape index (κ2) is 3.21. The Bertz CT molecular complexity index is 673. The Labute approximate surface area is 91.3 Å². The van der Waals surface area contributed by atoms with Crippen molar-refractivity contribution in [2.75, 3.05) is 5.73 Å². The minimum Gasteiger partial charge on any atom is -0.455 e. The van der Waals surface area contributed by atoms with E-state index in [0.29, 0.717) is 17.2 Å². The van der Waals surface area contributed by atoms with Gasteiger partial charge in [0.15, 0.2) is 11.4 Å². The van der Waals surface area contributed by atoms with E-state index < -0.39 is 0 Å². The maximum absolute atomic E-state index is 9.05. The smallest absolute Gasteiger partial charge is 0.177 e. The number of aromatic nitrogens is 1. The number of aliphatic hydroxyl groups is 1. The summed E-state index contributed by atoms with van der Waals surface area (Å²) < 4.78 is 5.42. The molecule has 0 amide bonds. The van der Waals surface area contributed by atoms with Crippen LogP contribution in [0.4, 0.5) is 5.82 Å². The maximum Gasteiger partial charge on any atom is 0.177 e. The molecule has 3 N–H and O–H groups in total. The normalized spacial score (nSPS) is 11.3. The van der Waals surface area contributed by atoms with Gasteiger partial charge < -0.3 is 15.3 Å². The van der Waals surface area contributed by atoms with Gasteiger partial charge in [0.05, 0.1) is 5.52 Å². The van der Waals surface area contributed by atoms with E-state index in [9.17, 15) is 0 Å². The average Bonchev–Trinajstić information content (AvgIpc) is 2.74. The molecule has 16 heavy (non-hydrogen) atoms. The SMILES string of the molecule is Nc1nc2ccccc2c2cc(CO)oc12. The third-order valence-corrected chi connectivity index (χ3v) is 2.61. The van der Waals surface area contributed by atoms with Crippen molar-refractivity contribution in [3.05, 3.63) is 36.1 Å². The number of nitrogens with two attached hydrogens (primary N) is 1. The van der Waals surface area contributed by atoms with E-state index >= 15 is 0 Å². The fourth-order valence-electron chi connectivity index (χ4n) is 1.89. The van der Waals surface area contributed by atoms with Crippen LogP contribution >= 0.6 is 0 Å². The Balaban J connectivity index is 2.52. The van der Waals surface area contributed by atoms with Crippen LogP contribution in [0, 0.1) is 0 Å². The molecule has 3 rings (SSSR count). The number of benzene rings is 1. The van der Waals surface area contributed by atoms with Gasteiger partial charge in [0.1, 0.15) is 12.4 Å². The van der Waals surface area contributed by atoms with E-state index in [2.05, 4.69) is 4.98 Å². The highest BCUT2D eigenvalue weighted by Gasteiger charge is 2.11. The highest BCUT2D eigenvalue weighted by Crippen LogP contribution is 2.30. The van der Waals surface area contributed by atoms with Crippen LogP contribution in [0.1, 0.15) is 5.76 Å². The Morgan fingerprint density at radius 3 is 2.88 bits per heavy atom. The number of pyridine rings is 1. The van der Waals surface area contributed by atoms with Crippen LogP contribution in [0.3, 0.4) is 0 Å². The molecule has 4 heteroatoms. The lowest BCUT2D eigenvalue weighted by Gasteiger charge is -1.99. The number of para-hydroxylation sites is 1. The summed E-state index contributed by atoms with van der Waals surface area (Å²) in [5.74, 6) is 0.855. The lowest BCUT2D eigenvalue weighted by atomic mass is 10.1. The van der Waals surface area contributed by atoms with Crippen LogP contribution in [-0.4, -0.2) is 10.1 Å². The molecule has 80 valence electrons. The fourth-order valence-corrected chi connectivity index (χ4v) is 1.89. The van der Waals surface area contributed by atoms with E-state index in [1.807, 2.05) is 24.3 Å². The molecule has 0 radical (unpaired) electrons. The molecule has 2 aromatic heterocycles. The number of fused-ring (bicyclic) bond motifs is 3. The van der Waals surface area contributed by atoms with Crippen LogP contribution < -0.4 is 5.73 Å². The summed E-state index contributed by atoms with van der Waals surface area (Å²) in [6.07, 6.45) is 0. The topological polar surface area (TPSA) is 72.3 Å². The number of hydrogen-bond acceptors (Lipinski definition) is 4. The summed E-state index contributed by atoms with van der Waals surface area (Å²) >= 11 is 0. The number of hydrogen-bond donors (Lipinski definition) is 2. The Hall–Kier alpha value is -2.07. The largest absolute Gasteiger partial charge is 0.455 e. The molecule has 0 atom stereocenters. The lowest BCUT2D eigenvalue weighted by molar-refractivity contribution is 0.251. The standard InChI is InChI=1S/C12H10N2O2/c13-12-11-9(5-7(6-15)16-11)8-3-1-2-4-10(8)14-12/h1-5,15H,6H2,(H2,13,14). The Morgan fingerprint density at radius 2 is 2.06 bits per heavy atom. The molecular formula is C12H10N2O2. The van der Waals surface area contributed by atoms with Gasteiger partial charge >= 0.3 is 0 Å². The first-order valence-electron chi connectivity index (χ1n) is 4.97. The molecule has 0 spiro atoms. The lowest BCUT2D eigenvalue weighted by Crippen LogP contribution is -1.91. The van der Waals surface area contributed by atoms with Crippen molar-refractivity contribution in [2.24, 2.45) is 0 Å². The Morgan fingerprint density at radius 1 is 1.25 bits per heavy atom. The molecule has 1 aromatic carbocycles. The number of rotatable bonds is 1. The molecule has 2 heterocycles. The van der Waals surface area contributed by atoms with E-state index in [0.717, 1.165) is 16.3 Å². The van der Waals surface area contributed by atoms with Crippen molar-refractivity contribution in [3.8, 4) is 0 Å². The van der Waals surface area contributed by atoms with E-state index in [-0.39, 0.29) is 6.61 Å². The third-order valence-electron chi connectivity index (χ3n) is 2.61. The van der Waals surface area contributed by atoms with E-state index in [1.165, 1.54) is 0 Å². The molecule has 3 aromatic rings. The van der Waals surface area contributed by atoms with Gasteiger partial charge in [0.25, 0.3) is 0 Å². The predicted octanol–water partition coefficient (Wildman–Crippen LogP) is 2.06. The summed E-state index contributed by atoms with van der Waals surface area (Å²) in [6, 6.07) is 9.51. The molecule has 0 aliphatic carbocycles. The van der Waals surface area contributed by atoms with Crippen LogP contribution in [-0.2, 0) is 6.61 Å². The van der Waals surface area contributed by atoms with Gasteiger partial charge in [0.2, 0.25) is 0 Å². The summed E-state index contributed by atoms with van der Waals surface area (Å²) in [7, 11) is 0. The van der Waals surface area contributed by atoms with Gasteiger partial charge in [0, 0.05) is 10.8 Å². The van der Waals surface area contributed by atoms with Crippen molar-refractivity contribution in [2.45, 2.75) is 6.61 Å². The zero-order valence-corrected chi connectivity index (χ0v) is 8.47. The van der Waals surface area contributed by atoms with Crippen LogP contribution in [0.2, 0.25) is 0 Å². The minimum absolute atomic E-state index is 0.136. The summed E-state index contributed by atoms with van der Waals surface area (Å²) in [5.41, 5.74) is 7.18. The fraction of sp³-hybridized carbons (Fsp3) is 0.0833. The van der Waals surface area contributed by atoms with Crippen LogP contribution in [0.25, 0.3) is 21.9 Å². The highest BCUT2D eigenvalue weighted by molar-refractivity contribution is 6.07. The highest BCUT2D eigenvalue weighted by atomic mass is 16.4. The van der Waals surface area contributed by atoms with Gasteiger partial charge in [-0.15, -0.1) is 0 Å². The van der Waals surface area contributed by atoms with Crippen LogP contribution in [0.5, 0.6) is 0 Å². The zero-order chi connectivity index (χ0) is 11.1. The average molecular weight is 214 g/mol. The van der Waals surface area contributed by atoms with Gasteiger partial charge in [-0.25, -0.2) is 4.98 Å². The minimum atomic E-state index is -0.136. The first-order valence-corrected chi connectivity index (χ1v) is 4.97. The summed E-state index contributed by atoms with van der Waals surface area (Å²) in [6.45, 7) is -0.136. The van der Waals surface area contributed by atoms with Gasteiger partial charge in [-0.1, -0.05) is 18.2 Å². The second-order valence-corrected chi connectivity index (χ2v) is 3.63. The van der Waals surface area contributed by atoms with Crippen molar-refractivity contribution in [1.82, 2.24) is 4.98 Å². The number of anilines is 1. The van der Waals surface area contributed by atoms with Gasteiger partial charge in [-0.3, -0.25) is 0 Å². The molecule has 0 saturated carbocycles. The first kappa shape index (κ1) is 9.18. The van der Waals surface area contributed by atoms with Crippen molar-refractivity contribution in [3.63, 3.8) is 0 Å². The first-order chi connectivity index (χ1) is 7.79. The molecule has 0 fully saturated rings. The molecule has 0 aliphatic rings. The van der Waals surface area contributed by atoms with Crippen molar-refractivity contribution < 1.29 is 9.52 Å². The number of nitrogen functional groups attached to an aromatic ring is 1. The molecule has 4 nitrogen and oxygen atoms in total. The Kier molecular flexibility index (Phi) is 1.84. The van der Waals surface area contributed by atoms with Crippen molar-refractivity contribution >= 4 is 27.7 Å². The number of nitrogens with zero attached hydrogens (tertiary/aromatic N) is 1. The molecule has 0 unspecified atom stereocenters. The summed E-state index contributed by atoms with van der Waals surface area (Å²) in [4.78, 5) is 4.25. The molecule has 0 aliphatic heterocycles. The predicted molar refractivity (Wildman–Crippen MR) is 61.9 cm³/mol. The molecule has 0 bridgehead atoms. The monoisotopic (exact) mass is 214 g/mol. The van der Waals surface area contributed by atoms with E-state index in [1.54, 1.807) is 6.07 Å². The number of aliphatic hydroxyl groups excluding tert-OH is 1. The van der Waals surface area contributed by atoms with E-state index in [4.69, 9.17) is 15.3 Å². The van der Waals surface area contributed by atoms with Gasteiger partial charge in [-0.2, -0.15) is 0 Å². The van der Waals surface area contributed by atoms with Crippen molar-refractivity contribution in [1.29, 1.82) is 0 Å². The number of furan rings is 1. The molecule has 0 saturated heterocycles. The quantitative estimate of drug-likeness (QED) is 0.650. The van der Waals surface area contributed by atoms with Gasteiger partial charge in [-0.05, 0) is 12.1 Å². The third kappa shape index (κ3) is 1.17. The zero-order valence-electron chi connectivity index (χ0n) is 8.47. The second-order valence-electron chi connectivity index (χ2n) is 3.63. The summed E-state index contributed by atoms with van der Waals surface area (Å²) in [5, 5.41) is 10.9. The maximum atomic E-state index is 9.05. The molecular weight excluding hydrogens is 204 g/mol. The van der Waals surface area contributed by atoms with Crippen LogP contribution in [0.15, 0.2) is 34.7 Å².